The second-order valence-corrected chi connectivity index (χ2v) is 5.99. The topological polar surface area (TPSA) is 57.8 Å². The largest absolute Gasteiger partial charge is 0.348 e. The summed E-state index contributed by atoms with van der Waals surface area (Å²) in [5.41, 5.74) is 4.19. The number of nitrogens with zero attached hydrogens (tertiary/aromatic N) is 1. The zero-order valence-corrected chi connectivity index (χ0v) is 13.9. The number of carbonyl (C=O) groups is 1. The number of halogens is 1. The third-order valence-electron chi connectivity index (χ3n) is 4.26. The third-order valence-corrected chi connectivity index (χ3v) is 4.26. The van der Waals surface area contributed by atoms with Crippen molar-refractivity contribution in [3.63, 3.8) is 0 Å². The Morgan fingerprint density at radius 1 is 1.08 bits per heavy atom. The predicted octanol–water partition coefficient (Wildman–Crippen LogP) is 4.30. The van der Waals surface area contributed by atoms with Crippen LogP contribution in [0.3, 0.4) is 0 Å². The van der Waals surface area contributed by atoms with E-state index in [4.69, 9.17) is 0 Å². The summed E-state index contributed by atoms with van der Waals surface area (Å²) in [6.07, 6.45) is 3.61. The van der Waals surface area contributed by atoms with Crippen molar-refractivity contribution in [2.75, 3.05) is 0 Å². The number of amides is 1. The van der Waals surface area contributed by atoms with Crippen LogP contribution in [-0.2, 0) is 6.54 Å². The minimum absolute atomic E-state index is 0.192. The molecule has 4 rings (SSSR count). The van der Waals surface area contributed by atoms with Crippen molar-refractivity contribution in [3.05, 3.63) is 90.0 Å². The summed E-state index contributed by atoms with van der Waals surface area (Å²) < 4.78 is 13.2. The number of aromatic amines is 1. The first-order valence-corrected chi connectivity index (χ1v) is 8.26. The molecule has 4 nitrogen and oxygen atoms in total. The predicted molar refractivity (Wildman–Crippen MR) is 99.1 cm³/mol. The lowest BCUT2D eigenvalue weighted by Crippen LogP contribution is -2.22. The fourth-order valence-electron chi connectivity index (χ4n) is 2.95. The number of fused-ring (bicyclic) bond motifs is 1. The molecule has 0 aliphatic heterocycles. The van der Waals surface area contributed by atoms with Crippen LogP contribution in [0.15, 0.2) is 73.1 Å². The number of H-pyrrole nitrogens is 1. The molecule has 2 heterocycles. The van der Waals surface area contributed by atoms with Crippen molar-refractivity contribution < 1.29 is 9.18 Å². The van der Waals surface area contributed by atoms with Gasteiger partial charge in [-0.15, -0.1) is 0 Å². The Kier molecular flexibility index (Phi) is 4.19. The summed E-state index contributed by atoms with van der Waals surface area (Å²) in [6.45, 7) is 0.284. The maximum atomic E-state index is 13.2. The van der Waals surface area contributed by atoms with Gasteiger partial charge in [0.25, 0.3) is 5.91 Å². The second kappa shape index (κ2) is 6.80. The van der Waals surface area contributed by atoms with Gasteiger partial charge < -0.3 is 10.3 Å². The summed E-state index contributed by atoms with van der Waals surface area (Å²) in [6, 6.07) is 17.5. The van der Waals surface area contributed by atoms with E-state index < -0.39 is 0 Å². The highest BCUT2D eigenvalue weighted by atomic mass is 19.1. The molecule has 5 heteroatoms. The monoisotopic (exact) mass is 345 g/mol. The first-order chi connectivity index (χ1) is 12.7. The summed E-state index contributed by atoms with van der Waals surface area (Å²) in [4.78, 5) is 19.7. The summed E-state index contributed by atoms with van der Waals surface area (Å²) in [7, 11) is 0. The molecule has 0 atom stereocenters. The maximum Gasteiger partial charge on any atom is 0.251 e. The minimum Gasteiger partial charge on any atom is -0.348 e. The average molecular weight is 345 g/mol. The van der Waals surface area contributed by atoms with Gasteiger partial charge in [0.15, 0.2) is 0 Å². The molecule has 26 heavy (non-hydrogen) atoms. The van der Waals surface area contributed by atoms with Crippen molar-refractivity contribution >= 4 is 16.9 Å². The van der Waals surface area contributed by atoms with Gasteiger partial charge in [-0.3, -0.25) is 4.79 Å². The number of carbonyl (C=O) groups excluding carboxylic acids is 1. The lowest BCUT2D eigenvalue weighted by Gasteiger charge is -2.07. The maximum absolute atomic E-state index is 13.2. The summed E-state index contributed by atoms with van der Waals surface area (Å²) in [5.74, 6) is -0.503. The van der Waals surface area contributed by atoms with Crippen LogP contribution in [0.5, 0.6) is 0 Å². The Balaban J connectivity index is 1.50. The summed E-state index contributed by atoms with van der Waals surface area (Å²) >= 11 is 0. The van der Waals surface area contributed by atoms with Crippen molar-refractivity contribution in [2.24, 2.45) is 0 Å². The molecule has 0 saturated carbocycles. The molecule has 2 aromatic carbocycles. The molecule has 0 bridgehead atoms. The van der Waals surface area contributed by atoms with E-state index in [1.54, 1.807) is 30.5 Å². The smallest absolute Gasteiger partial charge is 0.251 e. The lowest BCUT2D eigenvalue weighted by atomic mass is 10.0. The van der Waals surface area contributed by atoms with E-state index in [0.717, 1.165) is 27.7 Å². The van der Waals surface area contributed by atoms with Crippen LogP contribution in [0, 0.1) is 5.82 Å². The van der Waals surface area contributed by atoms with Crippen LogP contribution in [0.2, 0.25) is 0 Å². The van der Waals surface area contributed by atoms with Crippen LogP contribution < -0.4 is 5.32 Å². The second-order valence-electron chi connectivity index (χ2n) is 5.99. The fraction of sp³-hybridized carbons (Fsp3) is 0.0476. The van der Waals surface area contributed by atoms with Gasteiger partial charge in [-0.05, 0) is 53.1 Å². The fourth-order valence-corrected chi connectivity index (χ4v) is 2.95. The van der Waals surface area contributed by atoms with Gasteiger partial charge in [-0.25, -0.2) is 9.37 Å². The number of pyridine rings is 1. The van der Waals surface area contributed by atoms with Gasteiger partial charge in [0.05, 0.1) is 0 Å². The van der Waals surface area contributed by atoms with Gasteiger partial charge in [0.1, 0.15) is 11.5 Å². The molecule has 0 fully saturated rings. The molecule has 128 valence electrons. The molecule has 2 N–H and O–H groups in total. The molecule has 1 amide bonds. The van der Waals surface area contributed by atoms with Crippen molar-refractivity contribution in [3.8, 4) is 11.1 Å². The third kappa shape index (κ3) is 3.19. The average Bonchev–Trinajstić information content (AvgIpc) is 3.15. The number of benzene rings is 2. The molecular formula is C21H16FN3O. The van der Waals surface area contributed by atoms with E-state index in [2.05, 4.69) is 15.3 Å². The van der Waals surface area contributed by atoms with Crippen LogP contribution in [-0.4, -0.2) is 15.9 Å². The van der Waals surface area contributed by atoms with Gasteiger partial charge >= 0.3 is 0 Å². The van der Waals surface area contributed by atoms with Crippen LogP contribution in [0.25, 0.3) is 22.2 Å². The number of rotatable bonds is 4. The zero-order chi connectivity index (χ0) is 17.9. The molecule has 0 spiro atoms. The highest BCUT2D eigenvalue weighted by Crippen LogP contribution is 2.27. The molecule has 0 aliphatic carbocycles. The molecule has 0 aliphatic rings. The highest BCUT2D eigenvalue weighted by Gasteiger charge is 2.08. The highest BCUT2D eigenvalue weighted by molar-refractivity contribution is 5.96. The molecular weight excluding hydrogens is 329 g/mol. The Morgan fingerprint density at radius 3 is 2.73 bits per heavy atom. The van der Waals surface area contributed by atoms with E-state index in [-0.39, 0.29) is 18.3 Å². The molecule has 0 saturated heterocycles. The molecule has 4 aromatic rings. The first kappa shape index (κ1) is 16.0. The first-order valence-electron chi connectivity index (χ1n) is 8.26. The molecule has 0 unspecified atom stereocenters. The summed E-state index contributed by atoms with van der Waals surface area (Å²) in [5, 5.41) is 3.84. The Bertz CT molecular complexity index is 1070. The Morgan fingerprint density at radius 2 is 1.92 bits per heavy atom. The van der Waals surface area contributed by atoms with E-state index in [9.17, 15) is 9.18 Å². The quantitative estimate of drug-likeness (QED) is 0.579. The van der Waals surface area contributed by atoms with Gasteiger partial charge in [0.2, 0.25) is 0 Å². The number of aromatic nitrogens is 2. The van der Waals surface area contributed by atoms with Crippen LogP contribution >= 0.6 is 0 Å². The number of hydrogen-bond acceptors (Lipinski definition) is 2. The van der Waals surface area contributed by atoms with Crippen molar-refractivity contribution in [1.82, 2.24) is 15.3 Å². The molecule has 0 radical (unpaired) electrons. The van der Waals surface area contributed by atoms with Crippen molar-refractivity contribution in [1.29, 1.82) is 0 Å². The lowest BCUT2D eigenvalue weighted by molar-refractivity contribution is 0.0951. The van der Waals surface area contributed by atoms with E-state index in [1.807, 2.05) is 30.5 Å². The normalized spacial score (nSPS) is 10.8. The van der Waals surface area contributed by atoms with E-state index >= 15 is 0 Å². The van der Waals surface area contributed by atoms with Gasteiger partial charge in [-0.1, -0.05) is 24.3 Å². The molecule has 2 aromatic heterocycles. The van der Waals surface area contributed by atoms with Crippen molar-refractivity contribution in [2.45, 2.75) is 6.54 Å². The zero-order valence-electron chi connectivity index (χ0n) is 13.9. The SMILES string of the molecule is O=C(NCc1cccc(F)c1)c1ccc(-c2ccnc3[nH]ccc23)cc1. The Labute approximate surface area is 149 Å². The van der Waals surface area contributed by atoms with Crippen LogP contribution in [0.1, 0.15) is 15.9 Å². The van der Waals surface area contributed by atoms with E-state index in [0.29, 0.717) is 5.56 Å². The minimum atomic E-state index is -0.311. The standard InChI is InChI=1S/C21H16FN3O/c22-17-3-1-2-14(12-17)13-25-21(26)16-6-4-15(5-7-16)18-8-10-23-20-19(18)9-11-24-20/h1-12H,13H2,(H,23,24)(H,25,26). The van der Waals surface area contributed by atoms with Crippen LogP contribution in [0.4, 0.5) is 4.39 Å². The van der Waals surface area contributed by atoms with E-state index in [1.165, 1.54) is 12.1 Å². The number of nitrogens with one attached hydrogen (secondary N) is 2. The van der Waals surface area contributed by atoms with Gasteiger partial charge in [-0.2, -0.15) is 0 Å². The number of hydrogen-bond donors (Lipinski definition) is 2. The van der Waals surface area contributed by atoms with Gasteiger partial charge in [0, 0.05) is 29.9 Å². The Hall–Kier alpha value is -3.47.